The second-order valence-corrected chi connectivity index (χ2v) is 5.25. The van der Waals surface area contributed by atoms with Gasteiger partial charge in [-0.15, -0.1) is 0 Å². The Morgan fingerprint density at radius 3 is 2.64 bits per heavy atom. The first-order valence-corrected chi connectivity index (χ1v) is 7.18. The summed E-state index contributed by atoms with van der Waals surface area (Å²) in [6.07, 6.45) is 1.12. The van der Waals surface area contributed by atoms with E-state index in [1.807, 2.05) is 60.7 Å². The number of aliphatic hydroxyl groups is 1. The molecule has 0 spiro atoms. The lowest BCUT2D eigenvalue weighted by molar-refractivity contribution is 0.199. The van der Waals surface area contributed by atoms with E-state index >= 15 is 0 Å². The number of nitrogens with zero attached hydrogens (tertiary/aromatic N) is 1. The predicted octanol–water partition coefficient (Wildman–Crippen LogP) is 4.35. The maximum atomic E-state index is 10.3. The van der Waals surface area contributed by atoms with Gasteiger partial charge in [-0.3, -0.25) is 4.99 Å². The summed E-state index contributed by atoms with van der Waals surface area (Å²) in [6.45, 7) is 1.72. The number of phenols is 1. The van der Waals surface area contributed by atoms with E-state index in [4.69, 9.17) is 0 Å². The van der Waals surface area contributed by atoms with Crippen LogP contribution < -0.4 is 0 Å². The third kappa shape index (κ3) is 2.85. The third-order valence-corrected chi connectivity index (χ3v) is 3.64. The summed E-state index contributed by atoms with van der Waals surface area (Å²) in [4.78, 5) is 4.39. The molecule has 3 nitrogen and oxygen atoms in total. The van der Waals surface area contributed by atoms with Crippen LogP contribution in [0.1, 0.15) is 24.2 Å². The summed E-state index contributed by atoms with van der Waals surface area (Å²) in [5.41, 5.74) is 2.23. The smallest absolute Gasteiger partial charge is 0.132 e. The van der Waals surface area contributed by atoms with Crippen molar-refractivity contribution >= 4 is 22.7 Å². The second-order valence-electron chi connectivity index (χ2n) is 5.25. The molecule has 0 aliphatic rings. The zero-order chi connectivity index (χ0) is 15.5. The molecule has 0 heterocycles. The number of aliphatic imine (C=N–C) groups is 1. The molecule has 0 fully saturated rings. The lowest BCUT2D eigenvalue weighted by Crippen LogP contribution is -1.89. The van der Waals surface area contributed by atoms with E-state index in [0.717, 1.165) is 22.0 Å². The van der Waals surface area contributed by atoms with Gasteiger partial charge in [0.25, 0.3) is 0 Å². The summed E-state index contributed by atoms with van der Waals surface area (Å²) in [5.74, 6) is 0.230. The van der Waals surface area contributed by atoms with Crippen LogP contribution in [-0.4, -0.2) is 16.4 Å². The average Bonchev–Trinajstić information content (AvgIpc) is 2.55. The minimum absolute atomic E-state index is 0.230. The molecule has 0 aliphatic carbocycles. The van der Waals surface area contributed by atoms with E-state index < -0.39 is 6.10 Å². The van der Waals surface area contributed by atoms with Gasteiger partial charge in [0, 0.05) is 17.2 Å². The fraction of sp³-hybridized carbons (Fsp3) is 0.105. The molecule has 22 heavy (non-hydrogen) atoms. The van der Waals surface area contributed by atoms with Gasteiger partial charge in [0.1, 0.15) is 5.75 Å². The first-order valence-electron chi connectivity index (χ1n) is 7.18. The molecule has 0 saturated heterocycles. The minimum atomic E-state index is -0.524. The molecule has 0 aromatic heterocycles. The van der Waals surface area contributed by atoms with Gasteiger partial charge in [-0.2, -0.15) is 0 Å². The van der Waals surface area contributed by atoms with Crippen molar-refractivity contribution in [1.29, 1.82) is 0 Å². The summed E-state index contributed by atoms with van der Waals surface area (Å²) in [6, 6.07) is 18.9. The molecule has 1 atom stereocenters. The average molecular weight is 291 g/mol. The number of hydrogen-bond donors (Lipinski definition) is 2. The molecule has 0 bridgehead atoms. The van der Waals surface area contributed by atoms with Crippen LogP contribution in [0, 0.1) is 0 Å². The Labute approximate surface area is 129 Å². The number of rotatable bonds is 3. The number of phenolic OH excluding ortho intramolecular Hbond substituents is 1. The molecule has 0 saturated carbocycles. The third-order valence-electron chi connectivity index (χ3n) is 3.64. The van der Waals surface area contributed by atoms with Gasteiger partial charge in [0.2, 0.25) is 0 Å². The highest BCUT2D eigenvalue weighted by Gasteiger charge is 2.04. The van der Waals surface area contributed by atoms with Crippen LogP contribution >= 0.6 is 0 Å². The van der Waals surface area contributed by atoms with Crippen LogP contribution in [-0.2, 0) is 0 Å². The van der Waals surface area contributed by atoms with E-state index in [1.165, 1.54) is 0 Å². The maximum absolute atomic E-state index is 10.3. The summed E-state index contributed by atoms with van der Waals surface area (Å²) >= 11 is 0. The molecule has 3 rings (SSSR count). The van der Waals surface area contributed by atoms with E-state index in [2.05, 4.69) is 4.99 Å². The topological polar surface area (TPSA) is 52.8 Å². The van der Waals surface area contributed by atoms with Crippen LogP contribution in [0.3, 0.4) is 0 Å². The second kappa shape index (κ2) is 6.00. The van der Waals surface area contributed by atoms with Gasteiger partial charge in [-0.25, -0.2) is 0 Å². The fourth-order valence-electron chi connectivity index (χ4n) is 2.39. The summed E-state index contributed by atoms with van der Waals surface area (Å²) in [7, 11) is 0. The normalized spacial score (nSPS) is 12.8. The van der Waals surface area contributed by atoms with Crippen molar-refractivity contribution in [1.82, 2.24) is 0 Å². The molecule has 3 aromatic carbocycles. The van der Waals surface area contributed by atoms with Crippen LogP contribution in [0.25, 0.3) is 10.8 Å². The summed E-state index contributed by atoms with van der Waals surface area (Å²) in [5, 5.41) is 21.7. The van der Waals surface area contributed by atoms with Crippen LogP contribution in [0.5, 0.6) is 5.75 Å². The van der Waals surface area contributed by atoms with Crippen molar-refractivity contribution in [3.63, 3.8) is 0 Å². The van der Waals surface area contributed by atoms with E-state index in [-0.39, 0.29) is 5.75 Å². The van der Waals surface area contributed by atoms with E-state index in [9.17, 15) is 10.2 Å². The number of hydrogen-bond acceptors (Lipinski definition) is 3. The monoisotopic (exact) mass is 291 g/mol. The van der Waals surface area contributed by atoms with Crippen molar-refractivity contribution in [2.45, 2.75) is 13.0 Å². The van der Waals surface area contributed by atoms with Crippen LogP contribution in [0.2, 0.25) is 0 Å². The quantitative estimate of drug-likeness (QED) is 0.705. The lowest BCUT2D eigenvalue weighted by atomic mass is 10.1. The van der Waals surface area contributed by atoms with E-state index in [0.29, 0.717) is 5.56 Å². The van der Waals surface area contributed by atoms with E-state index in [1.54, 1.807) is 13.1 Å². The molecular weight excluding hydrogens is 274 g/mol. The molecule has 3 heteroatoms. The molecule has 110 valence electrons. The van der Waals surface area contributed by atoms with Crippen LogP contribution in [0.4, 0.5) is 5.69 Å². The maximum Gasteiger partial charge on any atom is 0.132 e. The zero-order valence-corrected chi connectivity index (χ0v) is 12.3. The SMILES string of the molecule is C[C@H](O)c1cccc(N=Cc2ccc3ccccc3c2O)c1. The highest BCUT2D eigenvalue weighted by atomic mass is 16.3. The van der Waals surface area contributed by atoms with Gasteiger partial charge in [0.05, 0.1) is 11.8 Å². The Kier molecular flexibility index (Phi) is 3.90. The Morgan fingerprint density at radius 1 is 1.00 bits per heavy atom. The van der Waals surface area contributed by atoms with Gasteiger partial charge in [0.15, 0.2) is 0 Å². The van der Waals surface area contributed by atoms with Gasteiger partial charge in [-0.1, -0.05) is 42.5 Å². The highest BCUT2D eigenvalue weighted by Crippen LogP contribution is 2.28. The first-order chi connectivity index (χ1) is 10.6. The first kappa shape index (κ1) is 14.3. The fourth-order valence-corrected chi connectivity index (χ4v) is 2.39. The zero-order valence-electron chi connectivity index (χ0n) is 12.3. The Balaban J connectivity index is 1.96. The molecule has 2 N–H and O–H groups in total. The molecule has 3 aromatic rings. The minimum Gasteiger partial charge on any atom is -0.507 e. The highest BCUT2D eigenvalue weighted by molar-refractivity contribution is 5.97. The molecule has 0 aliphatic heterocycles. The lowest BCUT2D eigenvalue weighted by Gasteiger charge is -2.05. The van der Waals surface area contributed by atoms with Crippen LogP contribution in [0.15, 0.2) is 65.7 Å². The number of benzene rings is 3. The number of aliphatic hydroxyl groups excluding tert-OH is 1. The van der Waals surface area contributed by atoms with Crippen molar-refractivity contribution in [3.05, 3.63) is 71.8 Å². The summed E-state index contributed by atoms with van der Waals surface area (Å²) < 4.78 is 0. The Hall–Kier alpha value is -2.65. The largest absolute Gasteiger partial charge is 0.507 e. The van der Waals surface area contributed by atoms with Crippen molar-refractivity contribution in [2.24, 2.45) is 4.99 Å². The van der Waals surface area contributed by atoms with Crippen molar-refractivity contribution in [2.75, 3.05) is 0 Å². The predicted molar refractivity (Wildman–Crippen MR) is 89.9 cm³/mol. The van der Waals surface area contributed by atoms with Gasteiger partial charge < -0.3 is 10.2 Å². The van der Waals surface area contributed by atoms with Crippen molar-refractivity contribution < 1.29 is 10.2 Å². The number of aromatic hydroxyl groups is 1. The Morgan fingerprint density at radius 2 is 1.82 bits per heavy atom. The van der Waals surface area contributed by atoms with Gasteiger partial charge >= 0.3 is 0 Å². The van der Waals surface area contributed by atoms with Gasteiger partial charge in [-0.05, 0) is 36.1 Å². The number of fused-ring (bicyclic) bond motifs is 1. The Bertz CT molecular complexity index is 838. The molecule has 0 radical (unpaired) electrons. The molecule has 0 amide bonds. The standard InChI is InChI=1S/C19H17NO2/c1-13(21)15-6-4-7-17(11-15)20-12-16-10-9-14-5-2-3-8-18(14)19(16)22/h2-13,21-22H,1H3/t13-/m0/s1. The van der Waals surface area contributed by atoms with Crippen molar-refractivity contribution in [3.8, 4) is 5.75 Å². The molecular formula is C19H17NO2. The molecule has 0 unspecified atom stereocenters.